The molecule has 4 heterocycles. The third kappa shape index (κ3) is 2.87. The van der Waals surface area contributed by atoms with Crippen LogP contribution in [0.15, 0.2) is 53.4 Å². The van der Waals surface area contributed by atoms with Gasteiger partial charge in [0.05, 0.1) is 23.6 Å². The summed E-state index contributed by atoms with van der Waals surface area (Å²) in [4.78, 5) is 6.23. The Kier molecular flexibility index (Phi) is 4.20. The number of nitrogens with one attached hydrogen (secondary N) is 1. The van der Waals surface area contributed by atoms with E-state index < -0.39 is 10.0 Å². The number of sulfonamides is 1. The summed E-state index contributed by atoms with van der Waals surface area (Å²) in [5, 5.41) is 1.13. The highest BCUT2D eigenvalue weighted by Gasteiger charge is 2.45. The lowest BCUT2D eigenvalue weighted by Gasteiger charge is -2.27. The Bertz CT molecular complexity index is 1180. The van der Waals surface area contributed by atoms with Gasteiger partial charge in [0.2, 0.25) is 10.0 Å². The number of morpholine rings is 1. The molecule has 2 aromatic carbocycles. The van der Waals surface area contributed by atoms with E-state index in [1.54, 1.807) is 10.4 Å². The molecule has 3 aliphatic heterocycles. The first-order chi connectivity index (χ1) is 14.6. The van der Waals surface area contributed by atoms with Crippen LogP contribution in [0.25, 0.3) is 22.2 Å². The molecule has 3 fully saturated rings. The number of aromatic amines is 1. The zero-order valence-electron chi connectivity index (χ0n) is 16.8. The van der Waals surface area contributed by atoms with E-state index >= 15 is 0 Å². The molecule has 1 aromatic heterocycles. The molecule has 0 radical (unpaired) electrons. The van der Waals surface area contributed by atoms with Gasteiger partial charge in [0.25, 0.3) is 0 Å². The fraction of sp³-hybridized carbons (Fsp3) is 0.391. The minimum atomic E-state index is -3.55. The Morgan fingerprint density at radius 2 is 1.87 bits per heavy atom. The summed E-state index contributed by atoms with van der Waals surface area (Å²) in [6.07, 6.45) is 3.19. The van der Waals surface area contributed by atoms with Gasteiger partial charge in [-0.3, -0.25) is 0 Å². The predicted octanol–water partition coefficient (Wildman–Crippen LogP) is 3.60. The Balaban J connectivity index is 1.47. The van der Waals surface area contributed by atoms with Crippen LogP contribution >= 0.6 is 0 Å². The zero-order valence-corrected chi connectivity index (χ0v) is 17.6. The first kappa shape index (κ1) is 18.4. The van der Waals surface area contributed by atoms with E-state index in [9.17, 15) is 8.42 Å². The summed E-state index contributed by atoms with van der Waals surface area (Å²) in [6, 6.07) is 15.9. The number of benzene rings is 2. The van der Waals surface area contributed by atoms with Crippen molar-refractivity contribution in [3.8, 4) is 11.3 Å². The zero-order chi connectivity index (χ0) is 20.3. The maximum absolute atomic E-state index is 13.5. The maximum atomic E-state index is 13.5. The van der Waals surface area contributed by atoms with E-state index in [0.717, 1.165) is 47.4 Å². The normalized spacial score (nSPS) is 24.3. The highest BCUT2D eigenvalue weighted by molar-refractivity contribution is 7.89. The van der Waals surface area contributed by atoms with Gasteiger partial charge in [-0.25, -0.2) is 8.42 Å². The highest BCUT2D eigenvalue weighted by atomic mass is 32.2. The number of fused-ring (bicyclic) bond motifs is 3. The molecule has 156 valence electrons. The van der Waals surface area contributed by atoms with Crippen molar-refractivity contribution in [2.24, 2.45) is 0 Å². The van der Waals surface area contributed by atoms with Crippen LogP contribution in [0.2, 0.25) is 0 Å². The molecule has 6 rings (SSSR count). The minimum absolute atomic E-state index is 0.0326. The first-order valence-corrected chi connectivity index (χ1v) is 12.1. The summed E-state index contributed by atoms with van der Waals surface area (Å²) in [5.74, 6) is 0. The molecule has 2 bridgehead atoms. The number of hydrogen-bond acceptors (Lipinski definition) is 4. The van der Waals surface area contributed by atoms with E-state index in [4.69, 9.17) is 4.74 Å². The van der Waals surface area contributed by atoms with Crippen molar-refractivity contribution < 1.29 is 13.2 Å². The molecule has 2 atom stereocenters. The quantitative estimate of drug-likeness (QED) is 0.696. The summed E-state index contributed by atoms with van der Waals surface area (Å²) < 4.78 is 34.2. The van der Waals surface area contributed by atoms with E-state index in [2.05, 4.69) is 28.1 Å². The monoisotopic (exact) mass is 423 g/mol. The largest absolute Gasteiger partial charge is 0.375 e. The predicted molar refractivity (Wildman–Crippen MR) is 117 cm³/mol. The molecule has 0 aliphatic carbocycles. The average molecular weight is 424 g/mol. The lowest BCUT2D eigenvalue weighted by molar-refractivity contribution is 0.0608. The molecule has 0 spiro atoms. The van der Waals surface area contributed by atoms with Crippen molar-refractivity contribution in [3.63, 3.8) is 0 Å². The van der Waals surface area contributed by atoms with Gasteiger partial charge in [0.1, 0.15) is 0 Å². The van der Waals surface area contributed by atoms with Gasteiger partial charge in [-0.2, -0.15) is 4.31 Å². The standard InChI is InChI=1S/C23H25N3O3S/c27-30(28,26-14-18-12-17(26)15-29-18)19-7-8-23(25-9-3-4-10-25)20(13-19)22-11-16-5-1-2-6-21(16)24-22/h1-2,5-8,11,13,17-18,24H,3-4,9-10,12,14-15H2. The Morgan fingerprint density at radius 1 is 1.03 bits per heavy atom. The number of anilines is 1. The fourth-order valence-corrected chi connectivity index (χ4v) is 6.82. The lowest BCUT2D eigenvalue weighted by atomic mass is 10.1. The Morgan fingerprint density at radius 3 is 2.60 bits per heavy atom. The van der Waals surface area contributed by atoms with Crippen molar-refractivity contribution in [2.45, 2.75) is 36.3 Å². The molecular formula is C23H25N3O3S. The molecule has 3 saturated heterocycles. The Labute approximate surface area is 176 Å². The molecule has 30 heavy (non-hydrogen) atoms. The van der Waals surface area contributed by atoms with Gasteiger partial charge in [0.15, 0.2) is 0 Å². The van der Waals surface area contributed by atoms with Crippen molar-refractivity contribution in [2.75, 3.05) is 31.1 Å². The van der Waals surface area contributed by atoms with Crippen molar-refractivity contribution in [1.82, 2.24) is 9.29 Å². The average Bonchev–Trinajstić information content (AvgIpc) is 3.57. The van der Waals surface area contributed by atoms with Gasteiger partial charge in [0, 0.05) is 47.5 Å². The second-order valence-electron chi connectivity index (χ2n) is 8.56. The van der Waals surface area contributed by atoms with Gasteiger partial charge in [-0.15, -0.1) is 0 Å². The fourth-order valence-electron chi connectivity index (χ4n) is 5.14. The number of rotatable bonds is 4. The van der Waals surface area contributed by atoms with Gasteiger partial charge < -0.3 is 14.6 Å². The third-order valence-corrected chi connectivity index (χ3v) is 8.61. The van der Waals surface area contributed by atoms with Crippen LogP contribution in [0.1, 0.15) is 19.3 Å². The van der Waals surface area contributed by atoms with Crippen LogP contribution in [0.3, 0.4) is 0 Å². The van der Waals surface area contributed by atoms with Crippen LogP contribution < -0.4 is 4.90 Å². The number of aromatic nitrogens is 1. The molecule has 3 aliphatic rings. The molecule has 0 amide bonds. The number of nitrogens with zero attached hydrogens (tertiary/aromatic N) is 2. The smallest absolute Gasteiger partial charge is 0.243 e. The van der Waals surface area contributed by atoms with Crippen LogP contribution in [-0.4, -0.2) is 56.1 Å². The summed E-state index contributed by atoms with van der Waals surface area (Å²) in [5.41, 5.74) is 4.07. The molecule has 6 nitrogen and oxygen atoms in total. The van der Waals surface area contributed by atoms with Gasteiger partial charge in [-0.05, 0) is 49.6 Å². The number of ether oxygens (including phenoxy) is 1. The Hall–Kier alpha value is -2.35. The lowest BCUT2D eigenvalue weighted by Crippen LogP contribution is -2.41. The molecule has 2 unspecified atom stereocenters. The number of hydrogen-bond donors (Lipinski definition) is 1. The van der Waals surface area contributed by atoms with Crippen LogP contribution in [0.5, 0.6) is 0 Å². The van der Waals surface area contributed by atoms with Crippen molar-refractivity contribution in [1.29, 1.82) is 0 Å². The second kappa shape index (κ2) is 6.83. The van der Waals surface area contributed by atoms with E-state index in [1.165, 1.54) is 12.8 Å². The first-order valence-electron chi connectivity index (χ1n) is 10.7. The van der Waals surface area contributed by atoms with E-state index in [0.29, 0.717) is 18.0 Å². The second-order valence-corrected chi connectivity index (χ2v) is 10.5. The SMILES string of the molecule is O=S(=O)(c1ccc(N2CCCC2)c(-c2cc3ccccc3[nH]2)c1)N1CC2CC1CO2. The topological polar surface area (TPSA) is 65.6 Å². The van der Waals surface area contributed by atoms with Crippen LogP contribution in [-0.2, 0) is 14.8 Å². The van der Waals surface area contributed by atoms with Gasteiger partial charge >= 0.3 is 0 Å². The third-order valence-electron chi connectivity index (χ3n) is 6.69. The van der Waals surface area contributed by atoms with Gasteiger partial charge in [-0.1, -0.05) is 18.2 Å². The molecular weight excluding hydrogens is 398 g/mol. The van der Waals surface area contributed by atoms with Crippen LogP contribution in [0, 0.1) is 0 Å². The summed E-state index contributed by atoms with van der Waals surface area (Å²) >= 11 is 0. The van der Waals surface area contributed by atoms with Crippen molar-refractivity contribution >= 4 is 26.6 Å². The van der Waals surface area contributed by atoms with E-state index in [-0.39, 0.29) is 12.1 Å². The molecule has 0 saturated carbocycles. The number of para-hydroxylation sites is 1. The maximum Gasteiger partial charge on any atom is 0.243 e. The molecule has 7 heteroatoms. The van der Waals surface area contributed by atoms with E-state index in [1.807, 2.05) is 24.3 Å². The minimum Gasteiger partial charge on any atom is -0.375 e. The molecule has 3 aromatic rings. The number of H-pyrrole nitrogens is 1. The molecule has 1 N–H and O–H groups in total. The summed E-state index contributed by atoms with van der Waals surface area (Å²) in [6.45, 7) is 2.98. The van der Waals surface area contributed by atoms with Crippen LogP contribution in [0.4, 0.5) is 5.69 Å². The van der Waals surface area contributed by atoms with Crippen molar-refractivity contribution in [3.05, 3.63) is 48.5 Å². The summed E-state index contributed by atoms with van der Waals surface area (Å²) in [7, 11) is -3.55. The highest BCUT2D eigenvalue weighted by Crippen LogP contribution is 2.38.